The van der Waals surface area contributed by atoms with Gasteiger partial charge in [-0.2, -0.15) is 0 Å². The van der Waals surface area contributed by atoms with Crippen molar-refractivity contribution >= 4 is 12.0 Å². The van der Waals surface area contributed by atoms with Crippen LogP contribution in [0.15, 0.2) is 18.2 Å². The lowest BCUT2D eigenvalue weighted by molar-refractivity contribution is 0.112. The van der Waals surface area contributed by atoms with Gasteiger partial charge in [0.05, 0.1) is 5.56 Å². The molecule has 0 unspecified atom stereocenters. The molecule has 0 amide bonds. The number of anilines is 1. The van der Waals surface area contributed by atoms with Gasteiger partial charge in [0.15, 0.2) is 6.29 Å². The van der Waals surface area contributed by atoms with Crippen molar-refractivity contribution < 1.29 is 9.90 Å². The Kier molecular flexibility index (Phi) is 2.90. The zero-order valence-electron chi connectivity index (χ0n) is 8.57. The van der Waals surface area contributed by atoms with Gasteiger partial charge in [0, 0.05) is 17.8 Å². The quantitative estimate of drug-likeness (QED) is 0.745. The first-order valence-corrected chi connectivity index (χ1v) is 5.34. The van der Waals surface area contributed by atoms with E-state index < -0.39 is 0 Å². The Hall–Kier alpha value is -1.51. The summed E-state index contributed by atoms with van der Waals surface area (Å²) in [5.41, 5.74) is 1.23. The van der Waals surface area contributed by atoms with E-state index in [4.69, 9.17) is 0 Å². The number of hydrogen-bond acceptors (Lipinski definition) is 3. The molecule has 1 aromatic rings. The van der Waals surface area contributed by atoms with E-state index in [9.17, 15) is 9.90 Å². The minimum Gasteiger partial charge on any atom is -0.507 e. The molecule has 3 nitrogen and oxygen atoms in total. The van der Waals surface area contributed by atoms with Gasteiger partial charge in [-0.25, -0.2) is 0 Å². The summed E-state index contributed by atoms with van der Waals surface area (Å²) in [5, 5.41) is 12.9. The van der Waals surface area contributed by atoms with Gasteiger partial charge >= 0.3 is 0 Å². The van der Waals surface area contributed by atoms with Crippen molar-refractivity contribution in [3.63, 3.8) is 0 Å². The van der Waals surface area contributed by atoms with Crippen LogP contribution in [0.2, 0.25) is 0 Å². The molecule has 0 radical (unpaired) electrons. The summed E-state index contributed by atoms with van der Waals surface area (Å²) in [7, 11) is 0. The van der Waals surface area contributed by atoms with Crippen LogP contribution in [0.3, 0.4) is 0 Å². The van der Waals surface area contributed by atoms with Gasteiger partial charge in [-0.15, -0.1) is 0 Å². The van der Waals surface area contributed by atoms with E-state index in [-0.39, 0.29) is 5.75 Å². The average molecular weight is 205 g/mol. The predicted octanol–water partition coefficient (Wildman–Crippen LogP) is 2.56. The smallest absolute Gasteiger partial charge is 0.153 e. The highest BCUT2D eigenvalue weighted by atomic mass is 16.3. The molecule has 2 rings (SSSR count). The van der Waals surface area contributed by atoms with E-state index in [1.54, 1.807) is 12.1 Å². The number of rotatable bonds is 3. The number of aldehydes is 1. The van der Waals surface area contributed by atoms with E-state index in [0.717, 1.165) is 5.69 Å². The molecule has 80 valence electrons. The Morgan fingerprint density at radius 3 is 2.67 bits per heavy atom. The zero-order chi connectivity index (χ0) is 10.7. The van der Waals surface area contributed by atoms with Crippen LogP contribution in [-0.4, -0.2) is 17.4 Å². The van der Waals surface area contributed by atoms with E-state index in [0.29, 0.717) is 17.9 Å². The number of carbonyl (C=O) groups excluding carboxylic acids is 1. The molecule has 15 heavy (non-hydrogen) atoms. The molecule has 0 bridgehead atoms. The SMILES string of the molecule is O=Cc1ccc(NC2CCCC2)cc1O. The largest absolute Gasteiger partial charge is 0.507 e. The standard InChI is InChI=1S/C12H15NO2/c14-8-9-5-6-11(7-12(9)15)13-10-3-1-2-4-10/h5-8,10,13,15H,1-4H2. The molecule has 1 aliphatic rings. The number of nitrogens with one attached hydrogen (secondary N) is 1. The number of benzene rings is 1. The summed E-state index contributed by atoms with van der Waals surface area (Å²) in [4.78, 5) is 10.5. The monoisotopic (exact) mass is 205 g/mol. The summed E-state index contributed by atoms with van der Waals surface area (Å²) >= 11 is 0. The van der Waals surface area contributed by atoms with Crippen LogP contribution >= 0.6 is 0 Å². The van der Waals surface area contributed by atoms with Crippen molar-refractivity contribution in [2.75, 3.05) is 5.32 Å². The first-order chi connectivity index (χ1) is 7.29. The third kappa shape index (κ3) is 2.29. The Bertz CT molecular complexity index is 357. The van der Waals surface area contributed by atoms with E-state index >= 15 is 0 Å². The second-order valence-electron chi connectivity index (χ2n) is 4.02. The third-order valence-corrected chi connectivity index (χ3v) is 2.88. The van der Waals surface area contributed by atoms with Crippen LogP contribution in [-0.2, 0) is 0 Å². The van der Waals surface area contributed by atoms with Crippen molar-refractivity contribution in [2.45, 2.75) is 31.7 Å². The molecule has 0 atom stereocenters. The van der Waals surface area contributed by atoms with Gasteiger partial charge in [0.25, 0.3) is 0 Å². The number of phenols is 1. The van der Waals surface area contributed by atoms with Gasteiger partial charge in [0.2, 0.25) is 0 Å². The highest BCUT2D eigenvalue weighted by molar-refractivity contribution is 5.80. The van der Waals surface area contributed by atoms with E-state index in [2.05, 4.69) is 5.32 Å². The molecule has 1 saturated carbocycles. The zero-order valence-corrected chi connectivity index (χ0v) is 8.57. The van der Waals surface area contributed by atoms with Crippen molar-refractivity contribution in [3.05, 3.63) is 23.8 Å². The van der Waals surface area contributed by atoms with Gasteiger partial charge < -0.3 is 10.4 Å². The van der Waals surface area contributed by atoms with Crippen LogP contribution in [0.5, 0.6) is 5.75 Å². The molecule has 0 spiro atoms. The maximum absolute atomic E-state index is 10.5. The summed E-state index contributed by atoms with van der Waals surface area (Å²) in [6.07, 6.45) is 5.59. The van der Waals surface area contributed by atoms with E-state index in [1.807, 2.05) is 6.07 Å². The maximum atomic E-state index is 10.5. The second kappa shape index (κ2) is 4.34. The van der Waals surface area contributed by atoms with Gasteiger partial charge in [-0.05, 0) is 25.0 Å². The molecular weight excluding hydrogens is 190 g/mol. The molecule has 3 heteroatoms. The lowest BCUT2D eigenvalue weighted by atomic mass is 10.1. The third-order valence-electron chi connectivity index (χ3n) is 2.88. The topological polar surface area (TPSA) is 49.3 Å². The fourth-order valence-electron chi connectivity index (χ4n) is 2.04. The van der Waals surface area contributed by atoms with E-state index in [1.165, 1.54) is 25.7 Å². The van der Waals surface area contributed by atoms with Crippen molar-refractivity contribution in [2.24, 2.45) is 0 Å². The highest BCUT2D eigenvalue weighted by Crippen LogP contribution is 2.25. The number of hydrogen-bond donors (Lipinski definition) is 2. The van der Waals surface area contributed by atoms with Crippen LogP contribution < -0.4 is 5.32 Å². The fourth-order valence-corrected chi connectivity index (χ4v) is 2.04. The molecule has 2 N–H and O–H groups in total. The molecule has 1 fully saturated rings. The van der Waals surface area contributed by atoms with Crippen molar-refractivity contribution in [1.82, 2.24) is 0 Å². The number of aromatic hydroxyl groups is 1. The molecule has 1 aromatic carbocycles. The Morgan fingerprint density at radius 1 is 1.33 bits per heavy atom. The van der Waals surface area contributed by atoms with Crippen LogP contribution in [0.4, 0.5) is 5.69 Å². The maximum Gasteiger partial charge on any atom is 0.153 e. The first kappa shape index (κ1) is 10.0. The fraction of sp³-hybridized carbons (Fsp3) is 0.417. The van der Waals surface area contributed by atoms with Crippen LogP contribution in [0.1, 0.15) is 36.0 Å². The Labute approximate surface area is 89.1 Å². The lowest BCUT2D eigenvalue weighted by Crippen LogP contribution is -2.14. The van der Waals surface area contributed by atoms with Crippen molar-refractivity contribution in [3.8, 4) is 5.75 Å². The summed E-state index contributed by atoms with van der Waals surface area (Å²) in [5.74, 6) is 0.0491. The van der Waals surface area contributed by atoms with Gasteiger partial charge in [-0.1, -0.05) is 12.8 Å². The van der Waals surface area contributed by atoms with Crippen LogP contribution in [0.25, 0.3) is 0 Å². The summed E-state index contributed by atoms with van der Waals surface area (Å²) < 4.78 is 0. The molecule has 0 heterocycles. The second-order valence-corrected chi connectivity index (χ2v) is 4.02. The molecule has 0 aromatic heterocycles. The van der Waals surface area contributed by atoms with Crippen LogP contribution in [0, 0.1) is 0 Å². The molecular formula is C12H15NO2. The van der Waals surface area contributed by atoms with Gasteiger partial charge in [-0.3, -0.25) is 4.79 Å². The summed E-state index contributed by atoms with van der Waals surface area (Å²) in [6.45, 7) is 0. The highest BCUT2D eigenvalue weighted by Gasteiger charge is 2.14. The minimum atomic E-state index is 0.0491. The Morgan fingerprint density at radius 2 is 2.07 bits per heavy atom. The first-order valence-electron chi connectivity index (χ1n) is 5.34. The lowest BCUT2D eigenvalue weighted by Gasteiger charge is -2.13. The van der Waals surface area contributed by atoms with Crippen molar-refractivity contribution in [1.29, 1.82) is 0 Å². The minimum absolute atomic E-state index is 0.0491. The van der Waals surface area contributed by atoms with Gasteiger partial charge in [0.1, 0.15) is 5.75 Å². The number of phenolic OH excluding ortho intramolecular Hbond substituents is 1. The Balaban J connectivity index is 2.08. The molecule has 0 aliphatic heterocycles. The average Bonchev–Trinajstić information content (AvgIpc) is 2.71. The molecule has 0 saturated heterocycles. The normalized spacial score (nSPS) is 16.5. The number of carbonyl (C=O) groups is 1. The summed E-state index contributed by atoms with van der Waals surface area (Å²) in [6, 6.07) is 5.61. The predicted molar refractivity (Wildman–Crippen MR) is 59.4 cm³/mol. The molecule has 1 aliphatic carbocycles.